The zero-order valence-electron chi connectivity index (χ0n) is 19.6. The summed E-state index contributed by atoms with van der Waals surface area (Å²) < 4.78 is 30.4. The summed E-state index contributed by atoms with van der Waals surface area (Å²) in [5.41, 5.74) is 2.37. The van der Waals surface area contributed by atoms with Crippen LogP contribution in [0.15, 0.2) is 47.4 Å². The van der Waals surface area contributed by atoms with Gasteiger partial charge in [-0.05, 0) is 36.8 Å². The van der Waals surface area contributed by atoms with Crippen LogP contribution in [0, 0.1) is 0 Å². The number of para-hydroxylation sites is 1. The van der Waals surface area contributed by atoms with Gasteiger partial charge in [-0.2, -0.15) is 4.31 Å². The second-order valence-corrected chi connectivity index (χ2v) is 10.9. The fourth-order valence-electron chi connectivity index (χ4n) is 4.03. The molecule has 2 aromatic carbocycles. The lowest BCUT2D eigenvalue weighted by Gasteiger charge is -2.18. The Morgan fingerprint density at radius 1 is 1.06 bits per heavy atom. The zero-order valence-corrected chi connectivity index (χ0v) is 21.2. The highest BCUT2D eigenvalue weighted by atomic mass is 32.2. The Hall–Kier alpha value is -2.82. The van der Waals surface area contributed by atoms with Crippen molar-refractivity contribution >= 4 is 53.6 Å². The summed E-state index contributed by atoms with van der Waals surface area (Å²) in [6, 6.07) is 12.9. The van der Waals surface area contributed by atoms with Gasteiger partial charge in [-0.1, -0.05) is 44.2 Å². The number of amides is 1. The molecule has 0 fully saturated rings. The number of carbonyl (C=O) groups is 1. The third kappa shape index (κ3) is 4.84. The minimum atomic E-state index is -3.57. The molecule has 180 valence electrons. The van der Waals surface area contributed by atoms with Crippen molar-refractivity contribution in [2.45, 2.75) is 51.5 Å². The number of hydrogen-bond acceptors (Lipinski definition) is 6. The molecule has 1 N–H and O–H groups in total. The molecule has 4 rings (SSSR count). The zero-order chi connectivity index (χ0) is 24.3. The Morgan fingerprint density at radius 3 is 2.53 bits per heavy atom. The monoisotopic (exact) mass is 499 g/mol. The number of nitrogens with zero attached hydrogens (tertiary/aromatic N) is 4. The van der Waals surface area contributed by atoms with Gasteiger partial charge in [0.15, 0.2) is 5.13 Å². The van der Waals surface area contributed by atoms with Crippen molar-refractivity contribution in [2.24, 2.45) is 0 Å². The van der Waals surface area contributed by atoms with Crippen LogP contribution in [-0.4, -0.2) is 46.3 Å². The number of aromatic nitrogens is 3. The van der Waals surface area contributed by atoms with Gasteiger partial charge >= 0.3 is 0 Å². The van der Waals surface area contributed by atoms with Crippen molar-refractivity contribution in [1.82, 2.24) is 18.8 Å². The number of fused-ring (bicyclic) bond motifs is 2. The van der Waals surface area contributed by atoms with Gasteiger partial charge in [0.1, 0.15) is 5.82 Å². The predicted molar refractivity (Wildman–Crippen MR) is 137 cm³/mol. The highest BCUT2D eigenvalue weighted by Crippen LogP contribution is 2.26. The first-order valence-corrected chi connectivity index (χ1v) is 13.8. The summed E-state index contributed by atoms with van der Waals surface area (Å²) in [5.74, 6) is 0.646. The standard InChI is InChI=1S/C24H29N5O3S2/c1-4-15-29-20-12-11-17(34(31,32)28(5-2)6-3)16-19(20)25-22(29)13-14-23(30)27-24-26-18-9-7-8-10-21(18)33-24/h7-12,16H,4-6,13-15H2,1-3H3,(H,26,27,30). The van der Waals surface area contributed by atoms with Crippen LogP contribution in [0.4, 0.5) is 5.13 Å². The van der Waals surface area contributed by atoms with Crippen molar-refractivity contribution in [3.8, 4) is 0 Å². The van der Waals surface area contributed by atoms with E-state index in [4.69, 9.17) is 4.98 Å². The number of nitrogens with one attached hydrogen (secondary N) is 1. The summed E-state index contributed by atoms with van der Waals surface area (Å²) >= 11 is 1.45. The lowest BCUT2D eigenvalue weighted by atomic mass is 10.2. The summed E-state index contributed by atoms with van der Waals surface area (Å²) in [6.45, 7) is 7.30. The number of imidazole rings is 1. The van der Waals surface area contributed by atoms with E-state index in [-0.39, 0.29) is 17.2 Å². The van der Waals surface area contributed by atoms with Crippen LogP contribution in [-0.2, 0) is 27.8 Å². The van der Waals surface area contributed by atoms with Crippen LogP contribution < -0.4 is 5.32 Å². The number of rotatable bonds is 10. The summed E-state index contributed by atoms with van der Waals surface area (Å²) in [7, 11) is -3.57. The van der Waals surface area contributed by atoms with Gasteiger partial charge in [-0.25, -0.2) is 18.4 Å². The molecule has 34 heavy (non-hydrogen) atoms. The van der Waals surface area contributed by atoms with Crippen LogP contribution >= 0.6 is 11.3 Å². The maximum atomic E-state index is 12.9. The molecular formula is C24H29N5O3S2. The topological polar surface area (TPSA) is 97.2 Å². The Labute approximate surface area is 203 Å². The van der Waals surface area contributed by atoms with Gasteiger partial charge < -0.3 is 9.88 Å². The molecule has 2 heterocycles. The molecule has 0 aliphatic rings. The molecule has 0 aliphatic carbocycles. The molecule has 4 aromatic rings. The van der Waals surface area contributed by atoms with Crippen molar-refractivity contribution in [1.29, 1.82) is 0 Å². The molecule has 2 aromatic heterocycles. The number of benzene rings is 2. The average Bonchev–Trinajstić information content (AvgIpc) is 3.38. The Kier molecular flexibility index (Phi) is 7.30. The number of anilines is 1. The highest BCUT2D eigenvalue weighted by molar-refractivity contribution is 7.89. The number of aryl methyl sites for hydroxylation is 2. The minimum absolute atomic E-state index is 0.126. The Bertz CT molecular complexity index is 1390. The smallest absolute Gasteiger partial charge is 0.243 e. The van der Waals surface area contributed by atoms with E-state index >= 15 is 0 Å². The largest absolute Gasteiger partial charge is 0.328 e. The van der Waals surface area contributed by atoms with E-state index in [2.05, 4.69) is 21.8 Å². The van der Waals surface area contributed by atoms with Crippen molar-refractivity contribution in [2.75, 3.05) is 18.4 Å². The first kappa shape index (κ1) is 24.3. The van der Waals surface area contributed by atoms with Crippen molar-refractivity contribution < 1.29 is 13.2 Å². The van der Waals surface area contributed by atoms with Crippen LogP contribution in [0.5, 0.6) is 0 Å². The molecule has 0 aliphatic heterocycles. The summed E-state index contributed by atoms with van der Waals surface area (Å²) in [5, 5.41) is 3.47. The second kappa shape index (κ2) is 10.2. The van der Waals surface area contributed by atoms with Crippen LogP contribution in [0.2, 0.25) is 0 Å². The van der Waals surface area contributed by atoms with Crippen molar-refractivity contribution in [3.05, 3.63) is 48.3 Å². The fourth-order valence-corrected chi connectivity index (χ4v) is 6.39. The molecule has 1 amide bonds. The lowest BCUT2D eigenvalue weighted by molar-refractivity contribution is -0.116. The van der Waals surface area contributed by atoms with E-state index in [9.17, 15) is 13.2 Å². The molecule has 0 bridgehead atoms. The fraction of sp³-hybridized carbons (Fsp3) is 0.375. The summed E-state index contributed by atoms with van der Waals surface area (Å²) in [6.07, 6.45) is 1.60. The maximum Gasteiger partial charge on any atom is 0.243 e. The van der Waals surface area contributed by atoms with Gasteiger partial charge in [-0.15, -0.1) is 0 Å². The van der Waals surface area contributed by atoms with E-state index in [0.717, 1.165) is 34.5 Å². The second-order valence-electron chi connectivity index (χ2n) is 7.95. The lowest BCUT2D eigenvalue weighted by Crippen LogP contribution is -2.30. The van der Waals surface area contributed by atoms with E-state index in [0.29, 0.717) is 30.2 Å². The van der Waals surface area contributed by atoms with E-state index in [1.165, 1.54) is 15.6 Å². The quantitative estimate of drug-likeness (QED) is 0.342. The summed E-state index contributed by atoms with van der Waals surface area (Å²) in [4.78, 5) is 22.0. The van der Waals surface area contributed by atoms with Gasteiger partial charge in [0.25, 0.3) is 0 Å². The number of carbonyl (C=O) groups excluding carboxylic acids is 1. The first-order chi connectivity index (χ1) is 16.4. The maximum absolute atomic E-state index is 12.9. The number of sulfonamides is 1. The van der Waals surface area contributed by atoms with Gasteiger partial charge in [0.05, 0.1) is 26.1 Å². The molecule has 0 saturated heterocycles. The molecule has 8 nitrogen and oxygen atoms in total. The van der Waals surface area contributed by atoms with E-state index in [1.54, 1.807) is 12.1 Å². The first-order valence-electron chi connectivity index (χ1n) is 11.5. The third-order valence-corrected chi connectivity index (χ3v) is 8.70. The number of thiazole rings is 1. The molecule has 0 spiro atoms. The van der Waals surface area contributed by atoms with Gasteiger partial charge in [-0.3, -0.25) is 4.79 Å². The normalized spacial score (nSPS) is 12.1. The van der Waals surface area contributed by atoms with E-state index < -0.39 is 10.0 Å². The third-order valence-electron chi connectivity index (χ3n) is 5.71. The molecule has 0 atom stereocenters. The van der Waals surface area contributed by atoms with Gasteiger partial charge in [0, 0.05) is 32.5 Å². The predicted octanol–water partition coefficient (Wildman–Crippen LogP) is 4.66. The van der Waals surface area contributed by atoms with Gasteiger partial charge in [0.2, 0.25) is 15.9 Å². The number of hydrogen-bond donors (Lipinski definition) is 1. The SMILES string of the molecule is CCCn1c(CCC(=O)Nc2nc3ccccc3s2)nc2cc(S(=O)(=O)N(CC)CC)ccc21. The Balaban J connectivity index is 1.55. The molecular weight excluding hydrogens is 470 g/mol. The molecule has 0 radical (unpaired) electrons. The minimum Gasteiger partial charge on any atom is -0.328 e. The highest BCUT2D eigenvalue weighted by Gasteiger charge is 2.23. The molecule has 0 unspecified atom stereocenters. The van der Waals surface area contributed by atoms with Crippen LogP contribution in [0.3, 0.4) is 0 Å². The van der Waals surface area contributed by atoms with E-state index in [1.807, 2.05) is 44.2 Å². The Morgan fingerprint density at radius 2 is 1.82 bits per heavy atom. The molecule has 10 heteroatoms. The average molecular weight is 500 g/mol. The van der Waals surface area contributed by atoms with Crippen molar-refractivity contribution in [3.63, 3.8) is 0 Å². The van der Waals surface area contributed by atoms with Crippen LogP contribution in [0.25, 0.3) is 21.3 Å². The molecule has 0 saturated carbocycles. The van der Waals surface area contributed by atoms with Crippen LogP contribution in [0.1, 0.15) is 39.4 Å².